The third kappa shape index (κ3) is 4.38. The second-order valence-corrected chi connectivity index (χ2v) is 6.97. The van der Waals surface area contributed by atoms with Gasteiger partial charge in [0, 0.05) is 16.4 Å². The number of hydrogen-bond donors (Lipinski definition) is 1. The Morgan fingerprint density at radius 2 is 2.10 bits per heavy atom. The van der Waals surface area contributed by atoms with E-state index in [1.165, 1.54) is 22.2 Å². The maximum atomic E-state index is 11.3. The van der Waals surface area contributed by atoms with E-state index < -0.39 is 0 Å². The summed E-state index contributed by atoms with van der Waals surface area (Å²) in [5.41, 5.74) is 2.19. The summed E-state index contributed by atoms with van der Waals surface area (Å²) in [6.07, 6.45) is 0. The minimum atomic E-state index is -0.0776. The van der Waals surface area contributed by atoms with Crippen molar-refractivity contribution in [1.29, 1.82) is 0 Å². The molecule has 2 rings (SSSR count). The first-order chi connectivity index (χ1) is 9.54. The van der Waals surface area contributed by atoms with Crippen LogP contribution in [-0.2, 0) is 4.79 Å². The van der Waals surface area contributed by atoms with Crippen molar-refractivity contribution in [2.45, 2.75) is 30.9 Å². The first-order valence-corrected chi connectivity index (χ1v) is 8.19. The number of hydrogen-bond acceptors (Lipinski definition) is 5. The number of thioether (sulfide) groups is 2. The summed E-state index contributed by atoms with van der Waals surface area (Å²) in [7, 11) is 0. The summed E-state index contributed by atoms with van der Waals surface area (Å²) in [5.74, 6) is 0.782. The maximum absolute atomic E-state index is 11.3. The quantitative estimate of drug-likeness (QED) is 0.528. The molecule has 1 saturated heterocycles. The molecule has 0 aliphatic carbocycles. The molecule has 20 heavy (non-hydrogen) atoms. The zero-order chi connectivity index (χ0) is 14.5. The van der Waals surface area contributed by atoms with Gasteiger partial charge in [-0.25, -0.2) is 0 Å². The van der Waals surface area contributed by atoms with Crippen LogP contribution in [0.3, 0.4) is 0 Å². The minimum absolute atomic E-state index is 0.00404. The van der Waals surface area contributed by atoms with Crippen molar-refractivity contribution in [1.82, 2.24) is 5.32 Å². The summed E-state index contributed by atoms with van der Waals surface area (Å²) in [4.78, 5) is 12.5. The number of carbonyl (C=O) groups is 1. The highest BCUT2D eigenvalue weighted by Crippen LogP contribution is 2.20. The summed E-state index contributed by atoms with van der Waals surface area (Å²) in [5, 5.41) is 11.4. The zero-order valence-corrected chi connectivity index (χ0v) is 13.3. The van der Waals surface area contributed by atoms with E-state index in [-0.39, 0.29) is 11.2 Å². The highest BCUT2D eigenvalue weighted by atomic mass is 32.2. The van der Waals surface area contributed by atoms with Crippen molar-refractivity contribution in [2.75, 3.05) is 5.75 Å². The zero-order valence-electron chi connectivity index (χ0n) is 11.7. The first kappa shape index (κ1) is 15.1. The molecule has 0 aromatic heterocycles. The molecule has 1 unspecified atom stereocenters. The van der Waals surface area contributed by atoms with Crippen molar-refractivity contribution in [3.05, 3.63) is 29.8 Å². The van der Waals surface area contributed by atoms with Crippen LogP contribution in [0.1, 0.15) is 19.4 Å². The lowest BCUT2D eigenvalue weighted by atomic mass is 10.2. The first-order valence-electron chi connectivity index (χ1n) is 6.32. The average molecular weight is 307 g/mol. The number of nitrogens with zero attached hydrogens (tertiary/aromatic N) is 2. The Kier molecular flexibility index (Phi) is 5.25. The molecule has 1 aromatic carbocycles. The van der Waals surface area contributed by atoms with Gasteiger partial charge in [0.15, 0.2) is 5.17 Å². The van der Waals surface area contributed by atoms with Crippen LogP contribution in [0.2, 0.25) is 0 Å². The van der Waals surface area contributed by atoms with E-state index in [1.54, 1.807) is 11.8 Å². The fraction of sp³-hybridized carbons (Fsp3) is 0.357. The van der Waals surface area contributed by atoms with Gasteiger partial charge in [0.1, 0.15) is 0 Å². The van der Waals surface area contributed by atoms with Gasteiger partial charge in [-0.1, -0.05) is 29.5 Å². The number of amidine groups is 1. The van der Waals surface area contributed by atoms with Gasteiger partial charge in [-0.2, -0.15) is 5.10 Å². The Morgan fingerprint density at radius 3 is 2.70 bits per heavy atom. The van der Waals surface area contributed by atoms with Crippen LogP contribution in [0, 0.1) is 6.92 Å². The van der Waals surface area contributed by atoms with Gasteiger partial charge in [0.2, 0.25) is 5.91 Å². The van der Waals surface area contributed by atoms with Gasteiger partial charge >= 0.3 is 0 Å². The van der Waals surface area contributed by atoms with E-state index in [0.717, 1.165) is 11.5 Å². The predicted octanol–water partition coefficient (Wildman–Crippen LogP) is 3.07. The van der Waals surface area contributed by atoms with E-state index in [0.29, 0.717) is 5.17 Å². The number of benzene rings is 1. The molecule has 1 N–H and O–H groups in total. The molecular weight excluding hydrogens is 290 g/mol. The summed E-state index contributed by atoms with van der Waals surface area (Å²) < 4.78 is 0. The minimum Gasteiger partial charge on any atom is -0.303 e. The molecule has 1 aliphatic heterocycles. The van der Waals surface area contributed by atoms with Crippen LogP contribution in [-0.4, -0.2) is 27.8 Å². The van der Waals surface area contributed by atoms with E-state index in [4.69, 9.17) is 0 Å². The van der Waals surface area contributed by atoms with Gasteiger partial charge in [0.25, 0.3) is 0 Å². The van der Waals surface area contributed by atoms with Crippen molar-refractivity contribution < 1.29 is 4.79 Å². The molecule has 4 nitrogen and oxygen atoms in total. The molecule has 1 heterocycles. The number of amides is 1. The highest BCUT2D eigenvalue weighted by Gasteiger charge is 2.25. The maximum Gasteiger partial charge on any atom is 0.239 e. The SMILES string of the molecule is C/C(CSc1ccc(C)cc1)=N\N=C1\NC(=O)C(C)S1. The monoisotopic (exact) mass is 307 g/mol. The molecule has 0 bridgehead atoms. The largest absolute Gasteiger partial charge is 0.303 e. The molecule has 106 valence electrons. The number of aryl methyl sites for hydroxylation is 1. The Balaban J connectivity index is 1.87. The van der Waals surface area contributed by atoms with Crippen molar-refractivity contribution in [3.8, 4) is 0 Å². The third-order valence-corrected chi connectivity index (χ3v) is 4.81. The molecule has 0 saturated carbocycles. The van der Waals surface area contributed by atoms with E-state index in [9.17, 15) is 4.79 Å². The van der Waals surface area contributed by atoms with Crippen molar-refractivity contribution in [3.63, 3.8) is 0 Å². The topological polar surface area (TPSA) is 53.8 Å². The summed E-state index contributed by atoms with van der Waals surface area (Å²) in [6, 6.07) is 8.41. The fourth-order valence-corrected chi connectivity index (χ4v) is 3.00. The van der Waals surface area contributed by atoms with Gasteiger partial charge in [-0.15, -0.1) is 16.9 Å². The molecular formula is C14H17N3OS2. The fourth-order valence-electron chi connectivity index (χ4n) is 1.49. The van der Waals surface area contributed by atoms with Gasteiger partial charge in [-0.05, 0) is 32.9 Å². The van der Waals surface area contributed by atoms with Crippen LogP contribution >= 0.6 is 23.5 Å². The van der Waals surface area contributed by atoms with Crippen LogP contribution in [0.5, 0.6) is 0 Å². The molecule has 1 aromatic rings. The van der Waals surface area contributed by atoms with Gasteiger partial charge in [-0.3, -0.25) is 4.79 Å². The predicted molar refractivity (Wildman–Crippen MR) is 87.6 cm³/mol. The molecule has 1 atom stereocenters. The Labute approximate surface area is 127 Å². The Hall–Kier alpha value is -1.27. The Bertz CT molecular complexity index is 552. The molecule has 6 heteroatoms. The number of nitrogens with one attached hydrogen (secondary N) is 1. The standard InChI is InChI=1S/C14H17N3OS2/c1-9-4-6-12(7-5-9)19-8-10(2)16-17-14-15-13(18)11(3)20-14/h4-7,11H,8H2,1-3H3,(H,15,17,18)/b16-10+. The van der Waals surface area contributed by atoms with Crippen molar-refractivity contribution >= 4 is 40.3 Å². The van der Waals surface area contributed by atoms with Crippen LogP contribution in [0.25, 0.3) is 0 Å². The number of rotatable bonds is 4. The second kappa shape index (κ2) is 6.95. The third-order valence-electron chi connectivity index (χ3n) is 2.67. The van der Waals surface area contributed by atoms with E-state index in [2.05, 4.69) is 46.7 Å². The van der Waals surface area contributed by atoms with Gasteiger partial charge in [0.05, 0.1) is 5.25 Å². The molecule has 0 spiro atoms. The Morgan fingerprint density at radius 1 is 1.40 bits per heavy atom. The molecule has 0 radical (unpaired) electrons. The summed E-state index contributed by atoms with van der Waals surface area (Å²) in [6.45, 7) is 5.87. The molecule has 1 fully saturated rings. The second-order valence-electron chi connectivity index (χ2n) is 4.59. The smallest absolute Gasteiger partial charge is 0.239 e. The molecule has 1 amide bonds. The van der Waals surface area contributed by atoms with Crippen molar-refractivity contribution in [2.24, 2.45) is 10.2 Å². The van der Waals surface area contributed by atoms with Crippen LogP contribution < -0.4 is 5.32 Å². The van der Waals surface area contributed by atoms with Crippen LogP contribution in [0.15, 0.2) is 39.4 Å². The normalized spacial score (nSPS) is 21.4. The van der Waals surface area contributed by atoms with E-state index >= 15 is 0 Å². The lowest BCUT2D eigenvalue weighted by molar-refractivity contribution is -0.118. The molecule has 1 aliphatic rings. The lowest BCUT2D eigenvalue weighted by Gasteiger charge is -2.01. The van der Waals surface area contributed by atoms with Gasteiger partial charge < -0.3 is 5.32 Å². The summed E-state index contributed by atoms with van der Waals surface area (Å²) >= 11 is 3.13. The highest BCUT2D eigenvalue weighted by molar-refractivity contribution is 8.15. The van der Waals surface area contributed by atoms with Crippen LogP contribution in [0.4, 0.5) is 0 Å². The number of carbonyl (C=O) groups excluding carboxylic acids is 1. The lowest BCUT2D eigenvalue weighted by Crippen LogP contribution is -2.23. The average Bonchev–Trinajstić information content (AvgIpc) is 2.75. The van der Waals surface area contributed by atoms with E-state index in [1.807, 2.05) is 13.8 Å².